The van der Waals surface area contributed by atoms with E-state index < -0.39 is 5.97 Å². The molecule has 0 radical (unpaired) electrons. The molecule has 2 N–H and O–H groups in total. The standard InChI is InChI=1S/C8H13NO3/c1-6(4-8(10)11)7-5-12-3-2-9-7/h7,9H,1-5H2,(H,10,11)/t7-/m1/s1. The Bertz CT molecular complexity index is 185. The van der Waals surface area contributed by atoms with Crippen LogP contribution in [0.1, 0.15) is 6.42 Å². The Hall–Kier alpha value is -0.870. The highest BCUT2D eigenvalue weighted by Crippen LogP contribution is 2.07. The Labute approximate surface area is 71.2 Å². The van der Waals surface area contributed by atoms with Crippen LogP contribution in [0.3, 0.4) is 0 Å². The maximum absolute atomic E-state index is 10.3. The van der Waals surface area contributed by atoms with E-state index in [1.807, 2.05) is 0 Å². The smallest absolute Gasteiger partial charge is 0.307 e. The Morgan fingerprint density at radius 3 is 3.00 bits per heavy atom. The van der Waals surface area contributed by atoms with E-state index in [-0.39, 0.29) is 12.5 Å². The van der Waals surface area contributed by atoms with E-state index in [0.29, 0.717) is 18.8 Å². The van der Waals surface area contributed by atoms with E-state index in [4.69, 9.17) is 9.84 Å². The molecule has 12 heavy (non-hydrogen) atoms. The minimum absolute atomic E-state index is 0.00912. The molecule has 0 aromatic carbocycles. The van der Waals surface area contributed by atoms with Gasteiger partial charge >= 0.3 is 5.97 Å². The van der Waals surface area contributed by atoms with E-state index in [9.17, 15) is 4.79 Å². The molecular formula is C8H13NO3. The first-order chi connectivity index (χ1) is 5.70. The summed E-state index contributed by atoms with van der Waals surface area (Å²) in [5, 5.41) is 11.6. The highest BCUT2D eigenvalue weighted by Gasteiger charge is 2.17. The Kier molecular flexibility index (Phi) is 3.25. The van der Waals surface area contributed by atoms with E-state index in [1.54, 1.807) is 0 Å². The molecule has 0 spiro atoms. The predicted molar refractivity (Wildman–Crippen MR) is 44.0 cm³/mol. The number of rotatable bonds is 3. The van der Waals surface area contributed by atoms with Crippen molar-refractivity contribution in [3.63, 3.8) is 0 Å². The van der Waals surface area contributed by atoms with E-state index in [1.165, 1.54) is 0 Å². The zero-order valence-corrected chi connectivity index (χ0v) is 6.88. The van der Waals surface area contributed by atoms with Gasteiger partial charge in [-0.3, -0.25) is 4.79 Å². The van der Waals surface area contributed by atoms with Crippen molar-refractivity contribution in [2.24, 2.45) is 0 Å². The number of morpholine rings is 1. The van der Waals surface area contributed by atoms with E-state index in [2.05, 4.69) is 11.9 Å². The SMILES string of the molecule is C=C(CC(=O)O)[C@H]1COCCN1. The van der Waals surface area contributed by atoms with Crippen LogP contribution < -0.4 is 5.32 Å². The van der Waals surface area contributed by atoms with Crippen LogP contribution in [0.5, 0.6) is 0 Å². The fourth-order valence-corrected chi connectivity index (χ4v) is 1.15. The van der Waals surface area contributed by atoms with Crippen molar-refractivity contribution >= 4 is 5.97 Å². The van der Waals surface area contributed by atoms with Crippen molar-refractivity contribution < 1.29 is 14.6 Å². The van der Waals surface area contributed by atoms with Crippen molar-refractivity contribution in [3.05, 3.63) is 12.2 Å². The third-order valence-corrected chi connectivity index (χ3v) is 1.79. The van der Waals surface area contributed by atoms with Gasteiger partial charge in [0.2, 0.25) is 0 Å². The highest BCUT2D eigenvalue weighted by molar-refractivity contribution is 5.70. The number of ether oxygens (including phenoxy) is 1. The number of nitrogens with one attached hydrogen (secondary N) is 1. The Balaban J connectivity index is 2.34. The molecule has 1 atom stereocenters. The minimum atomic E-state index is -0.840. The number of hydrogen-bond acceptors (Lipinski definition) is 3. The maximum atomic E-state index is 10.3. The molecule has 1 heterocycles. The van der Waals surface area contributed by atoms with Gasteiger partial charge in [-0.25, -0.2) is 0 Å². The summed E-state index contributed by atoms with van der Waals surface area (Å²) in [6.07, 6.45) is 0.0149. The second-order valence-electron chi connectivity index (χ2n) is 2.81. The zero-order valence-electron chi connectivity index (χ0n) is 6.88. The van der Waals surface area contributed by atoms with Crippen LogP contribution in [-0.4, -0.2) is 36.9 Å². The predicted octanol–water partition coefficient (Wildman–Crippen LogP) is 0.00570. The van der Waals surface area contributed by atoms with Gasteiger partial charge in [-0.15, -0.1) is 0 Å². The molecule has 0 aromatic rings. The van der Waals surface area contributed by atoms with Crippen LogP contribution in [0.25, 0.3) is 0 Å². The van der Waals surface area contributed by atoms with Gasteiger partial charge in [0.25, 0.3) is 0 Å². The molecule has 0 saturated carbocycles. The quantitative estimate of drug-likeness (QED) is 0.587. The summed E-state index contributed by atoms with van der Waals surface area (Å²) in [5.41, 5.74) is 0.683. The molecule has 0 unspecified atom stereocenters. The summed E-state index contributed by atoms with van der Waals surface area (Å²) in [6, 6.07) is 0.00912. The van der Waals surface area contributed by atoms with Crippen LogP contribution >= 0.6 is 0 Å². The highest BCUT2D eigenvalue weighted by atomic mass is 16.5. The molecule has 4 nitrogen and oxygen atoms in total. The lowest BCUT2D eigenvalue weighted by Crippen LogP contribution is -2.42. The first-order valence-corrected chi connectivity index (χ1v) is 3.90. The monoisotopic (exact) mass is 171 g/mol. The molecular weight excluding hydrogens is 158 g/mol. The van der Waals surface area contributed by atoms with Crippen molar-refractivity contribution in [3.8, 4) is 0 Å². The van der Waals surface area contributed by atoms with Crippen molar-refractivity contribution in [1.29, 1.82) is 0 Å². The van der Waals surface area contributed by atoms with Gasteiger partial charge in [0, 0.05) is 6.54 Å². The average Bonchev–Trinajstić information content (AvgIpc) is 2.05. The topological polar surface area (TPSA) is 58.6 Å². The molecule has 0 aromatic heterocycles. The van der Waals surface area contributed by atoms with Gasteiger partial charge in [0.05, 0.1) is 25.7 Å². The molecule has 0 amide bonds. The number of carbonyl (C=O) groups is 1. The van der Waals surface area contributed by atoms with Gasteiger partial charge in [-0.1, -0.05) is 6.58 Å². The Morgan fingerprint density at radius 2 is 2.50 bits per heavy atom. The summed E-state index contributed by atoms with van der Waals surface area (Å²) in [6.45, 7) is 5.69. The summed E-state index contributed by atoms with van der Waals surface area (Å²) in [5.74, 6) is -0.840. The normalized spacial score (nSPS) is 23.5. The van der Waals surface area contributed by atoms with Crippen LogP contribution in [0, 0.1) is 0 Å². The molecule has 4 heteroatoms. The largest absolute Gasteiger partial charge is 0.481 e. The molecule has 1 saturated heterocycles. The van der Waals surface area contributed by atoms with Crippen LogP contribution in [-0.2, 0) is 9.53 Å². The molecule has 0 aliphatic carbocycles. The summed E-state index contributed by atoms with van der Waals surface area (Å²) in [7, 11) is 0. The lowest BCUT2D eigenvalue weighted by Gasteiger charge is -2.24. The molecule has 1 aliphatic heterocycles. The fraction of sp³-hybridized carbons (Fsp3) is 0.625. The lowest BCUT2D eigenvalue weighted by atomic mass is 10.1. The summed E-state index contributed by atoms with van der Waals surface area (Å²) >= 11 is 0. The lowest BCUT2D eigenvalue weighted by molar-refractivity contribution is -0.136. The number of carboxylic acids is 1. The van der Waals surface area contributed by atoms with Crippen LogP contribution in [0.2, 0.25) is 0 Å². The summed E-state index contributed by atoms with van der Waals surface area (Å²) in [4.78, 5) is 10.3. The van der Waals surface area contributed by atoms with E-state index in [0.717, 1.165) is 6.54 Å². The van der Waals surface area contributed by atoms with Gasteiger partial charge in [0.1, 0.15) is 0 Å². The third kappa shape index (κ3) is 2.64. The van der Waals surface area contributed by atoms with Crippen molar-refractivity contribution in [2.75, 3.05) is 19.8 Å². The maximum Gasteiger partial charge on any atom is 0.307 e. The first-order valence-electron chi connectivity index (χ1n) is 3.90. The van der Waals surface area contributed by atoms with Crippen LogP contribution in [0.15, 0.2) is 12.2 Å². The van der Waals surface area contributed by atoms with E-state index >= 15 is 0 Å². The van der Waals surface area contributed by atoms with Crippen molar-refractivity contribution in [2.45, 2.75) is 12.5 Å². The Morgan fingerprint density at radius 1 is 1.75 bits per heavy atom. The van der Waals surface area contributed by atoms with Crippen LogP contribution in [0.4, 0.5) is 0 Å². The molecule has 68 valence electrons. The first kappa shape index (κ1) is 9.22. The molecule has 1 rings (SSSR count). The second-order valence-corrected chi connectivity index (χ2v) is 2.81. The summed E-state index contributed by atoms with van der Waals surface area (Å²) < 4.78 is 5.17. The van der Waals surface area contributed by atoms with Crippen molar-refractivity contribution in [1.82, 2.24) is 5.32 Å². The van der Waals surface area contributed by atoms with Gasteiger partial charge in [0.15, 0.2) is 0 Å². The third-order valence-electron chi connectivity index (χ3n) is 1.79. The zero-order chi connectivity index (χ0) is 8.97. The molecule has 1 aliphatic rings. The molecule has 0 bridgehead atoms. The number of carboxylic acid groups (broad SMARTS) is 1. The van der Waals surface area contributed by atoms with Gasteiger partial charge in [-0.05, 0) is 5.57 Å². The second kappa shape index (κ2) is 4.23. The molecule has 1 fully saturated rings. The minimum Gasteiger partial charge on any atom is -0.481 e. The average molecular weight is 171 g/mol. The van der Waals surface area contributed by atoms with Gasteiger partial charge < -0.3 is 15.2 Å². The van der Waals surface area contributed by atoms with Gasteiger partial charge in [-0.2, -0.15) is 0 Å². The fourth-order valence-electron chi connectivity index (χ4n) is 1.15. The number of aliphatic carboxylic acids is 1. The number of hydrogen-bond donors (Lipinski definition) is 2.